The van der Waals surface area contributed by atoms with Crippen molar-refractivity contribution in [1.29, 1.82) is 0 Å². The van der Waals surface area contributed by atoms with Crippen molar-refractivity contribution in [2.45, 2.75) is 45.6 Å². The smallest absolute Gasteiger partial charge is 0.148 e. The van der Waals surface area contributed by atoms with Crippen LogP contribution in [0, 0.1) is 11.8 Å². The zero-order valence-electron chi connectivity index (χ0n) is 10.7. The molecule has 0 spiro atoms. The molecule has 4 heteroatoms. The van der Waals surface area contributed by atoms with Crippen LogP contribution in [0.1, 0.15) is 39.5 Å². The second-order valence-corrected chi connectivity index (χ2v) is 7.54. The van der Waals surface area contributed by atoms with E-state index in [0.29, 0.717) is 12.6 Å². The van der Waals surface area contributed by atoms with Crippen molar-refractivity contribution in [3.8, 4) is 0 Å². The SMILES string of the molecule is CCC1CC(C)CCC1NCCS(C)(=O)=O. The Balaban J connectivity index is 2.35. The van der Waals surface area contributed by atoms with Gasteiger partial charge in [-0.15, -0.1) is 0 Å². The fourth-order valence-electron chi connectivity index (χ4n) is 2.65. The van der Waals surface area contributed by atoms with Gasteiger partial charge in [0.15, 0.2) is 0 Å². The number of rotatable bonds is 5. The first-order valence-electron chi connectivity index (χ1n) is 6.33. The summed E-state index contributed by atoms with van der Waals surface area (Å²) in [7, 11) is -2.82. The molecule has 0 bridgehead atoms. The van der Waals surface area contributed by atoms with Gasteiger partial charge in [0, 0.05) is 18.8 Å². The van der Waals surface area contributed by atoms with E-state index in [1.807, 2.05) is 0 Å². The molecule has 1 saturated carbocycles. The van der Waals surface area contributed by atoms with Crippen LogP contribution in [0.25, 0.3) is 0 Å². The van der Waals surface area contributed by atoms with Crippen molar-refractivity contribution in [2.24, 2.45) is 11.8 Å². The Bertz CT molecular complexity index is 300. The van der Waals surface area contributed by atoms with Crippen LogP contribution in [-0.4, -0.2) is 33.0 Å². The topological polar surface area (TPSA) is 46.2 Å². The summed E-state index contributed by atoms with van der Waals surface area (Å²) in [6.45, 7) is 5.15. The Labute approximate surface area is 99.9 Å². The average Bonchev–Trinajstić information content (AvgIpc) is 2.18. The lowest BCUT2D eigenvalue weighted by Crippen LogP contribution is -2.41. The van der Waals surface area contributed by atoms with Crippen LogP contribution in [0.2, 0.25) is 0 Å². The fourth-order valence-corrected chi connectivity index (χ4v) is 3.14. The first-order valence-corrected chi connectivity index (χ1v) is 8.39. The second-order valence-electron chi connectivity index (χ2n) is 5.28. The molecule has 0 saturated heterocycles. The van der Waals surface area contributed by atoms with Crippen molar-refractivity contribution in [3.63, 3.8) is 0 Å². The van der Waals surface area contributed by atoms with Gasteiger partial charge in [0.2, 0.25) is 0 Å². The highest BCUT2D eigenvalue weighted by Gasteiger charge is 2.26. The lowest BCUT2D eigenvalue weighted by atomic mass is 9.77. The van der Waals surface area contributed by atoms with E-state index in [2.05, 4.69) is 19.2 Å². The lowest BCUT2D eigenvalue weighted by Gasteiger charge is -2.35. The molecule has 0 aromatic rings. The zero-order chi connectivity index (χ0) is 12.2. The molecule has 0 aromatic heterocycles. The molecule has 1 fully saturated rings. The molecule has 0 aromatic carbocycles. The van der Waals surface area contributed by atoms with Crippen LogP contribution < -0.4 is 5.32 Å². The van der Waals surface area contributed by atoms with E-state index < -0.39 is 9.84 Å². The maximum atomic E-state index is 11.0. The van der Waals surface area contributed by atoms with Gasteiger partial charge in [-0.05, 0) is 31.1 Å². The summed E-state index contributed by atoms with van der Waals surface area (Å²) in [5.41, 5.74) is 0. The van der Waals surface area contributed by atoms with E-state index in [9.17, 15) is 8.42 Å². The van der Waals surface area contributed by atoms with E-state index in [4.69, 9.17) is 0 Å². The summed E-state index contributed by atoms with van der Waals surface area (Å²) in [6, 6.07) is 0.531. The average molecular weight is 247 g/mol. The van der Waals surface area contributed by atoms with Crippen LogP contribution in [-0.2, 0) is 9.84 Å². The van der Waals surface area contributed by atoms with Gasteiger partial charge in [0.25, 0.3) is 0 Å². The summed E-state index contributed by atoms with van der Waals surface area (Å²) >= 11 is 0. The minimum absolute atomic E-state index is 0.259. The highest BCUT2D eigenvalue weighted by molar-refractivity contribution is 7.90. The Morgan fingerprint density at radius 3 is 2.56 bits per heavy atom. The predicted molar refractivity (Wildman–Crippen MR) is 68.3 cm³/mol. The Kier molecular flexibility index (Phi) is 5.25. The van der Waals surface area contributed by atoms with Gasteiger partial charge >= 0.3 is 0 Å². The molecule has 1 aliphatic carbocycles. The van der Waals surface area contributed by atoms with E-state index >= 15 is 0 Å². The number of sulfone groups is 1. The molecule has 16 heavy (non-hydrogen) atoms. The van der Waals surface area contributed by atoms with Gasteiger partial charge in [-0.25, -0.2) is 8.42 Å². The van der Waals surface area contributed by atoms with Crippen LogP contribution in [0.4, 0.5) is 0 Å². The van der Waals surface area contributed by atoms with Crippen LogP contribution in [0.5, 0.6) is 0 Å². The van der Waals surface area contributed by atoms with Gasteiger partial charge in [-0.2, -0.15) is 0 Å². The summed E-state index contributed by atoms with van der Waals surface area (Å²) in [4.78, 5) is 0. The van der Waals surface area contributed by atoms with Crippen LogP contribution in [0.3, 0.4) is 0 Å². The van der Waals surface area contributed by atoms with Crippen LogP contribution in [0.15, 0.2) is 0 Å². The highest BCUT2D eigenvalue weighted by atomic mass is 32.2. The quantitative estimate of drug-likeness (QED) is 0.806. The second kappa shape index (κ2) is 6.01. The minimum atomic E-state index is -2.82. The molecular formula is C12H25NO2S. The third kappa shape index (κ3) is 4.83. The van der Waals surface area contributed by atoms with Gasteiger partial charge in [-0.3, -0.25) is 0 Å². The molecule has 1 rings (SSSR count). The first-order chi connectivity index (χ1) is 7.42. The minimum Gasteiger partial charge on any atom is -0.313 e. The lowest BCUT2D eigenvalue weighted by molar-refractivity contribution is 0.210. The first kappa shape index (κ1) is 14.0. The molecule has 96 valence electrons. The maximum absolute atomic E-state index is 11.0. The van der Waals surface area contributed by atoms with Gasteiger partial charge in [0.05, 0.1) is 5.75 Å². The highest BCUT2D eigenvalue weighted by Crippen LogP contribution is 2.30. The largest absolute Gasteiger partial charge is 0.313 e. The molecule has 3 nitrogen and oxygen atoms in total. The third-order valence-corrected chi connectivity index (χ3v) is 4.59. The van der Waals surface area contributed by atoms with Crippen molar-refractivity contribution in [2.75, 3.05) is 18.6 Å². The molecule has 3 unspecified atom stereocenters. The molecule has 0 amide bonds. The van der Waals surface area contributed by atoms with Crippen molar-refractivity contribution >= 4 is 9.84 Å². The third-order valence-electron chi connectivity index (χ3n) is 3.65. The van der Waals surface area contributed by atoms with E-state index in [0.717, 1.165) is 11.8 Å². The van der Waals surface area contributed by atoms with E-state index in [1.54, 1.807) is 0 Å². The summed E-state index contributed by atoms with van der Waals surface area (Å²) in [5, 5.41) is 3.42. The molecule has 0 radical (unpaired) electrons. The summed E-state index contributed by atoms with van der Waals surface area (Å²) in [5.74, 6) is 1.82. The van der Waals surface area contributed by atoms with Gasteiger partial charge < -0.3 is 5.32 Å². The Morgan fingerprint density at radius 1 is 1.31 bits per heavy atom. The molecule has 1 N–H and O–H groups in total. The Hall–Kier alpha value is -0.0900. The number of hydrogen-bond donors (Lipinski definition) is 1. The molecular weight excluding hydrogens is 222 g/mol. The van der Waals surface area contributed by atoms with E-state index in [1.165, 1.54) is 31.9 Å². The number of nitrogens with one attached hydrogen (secondary N) is 1. The van der Waals surface area contributed by atoms with E-state index in [-0.39, 0.29) is 5.75 Å². The monoisotopic (exact) mass is 247 g/mol. The maximum Gasteiger partial charge on any atom is 0.148 e. The van der Waals surface area contributed by atoms with Gasteiger partial charge in [-0.1, -0.05) is 20.3 Å². The molecule has 3 atom stereocenters. The molecule has 0 aliphatic heterocycles. The molecule has 1 aliphatic rings. The normalized spacial score (nSPS) is 31.6. The Morgan fingerprint density at radius 2 is 2.00 bits per heavy atom. The summed E-state index contributed by atoms with van der Waals surface area (Å²) < 4.78 is 22.1. The van der Waals surface area contributed by atoms with Crippen molar-refractivity contribution in [1.82, 2.24) is 5.32 Å². The standard InChI is InChI=1S/C12H25NO2S/c1-4-11-9-10(2)5-6-12(11)13-7-8-16(3,14)15/h10-13H,4-9H2,1-3H3. The van der Waals surface area contributed by atoms with Crippen molar-refractivity contribution < 1.29 is 8.42 Å². The fraction of sp³-hybridized carbons (Fsp3) is 1.00. The summed E-state index contributed by atoms with van der Waals surface area (Å²) in [6.07, 6.45) is 6.25. The zero-order valence-corrected chi connectivity index (χ0v) is 11.5. The van der Waals surface area contributed by atoms with Crippen LogP contribution >= 0.6 is 0 Å². The van der Waals surface area contributed by atoms with Crippen molar-refractivity contribution in [3.05, 3.63) is 0 Å². The van der Waals surface area contributed by atoms with Gasteiger partial charge in [0.1, 0.15) is 9.84 Å². The predicted octanol–water partition coefficient (Wildman–Crippen LogP) is 1.84. The number of hydrogen-bond acceptors (Lipinski definition) is 3. The molecule has 0 heterocycles.